The summed E-state index contributed by atoms with van der Waals surface area (Å²) >= 11 is 5.57. The summed E-state index contributed by atoms with van der Waals surface area (Å²) in [6.45, 7) is 2.44. The fourth-order valence-corrected chi connectivity index (χ4v) is 0.937. The molecule has 0 amide bonds. The van der Waals surface area contributed by atoms with Crippen LogP contribution in [0.15, 0.2) is 12.3 Å². The minimum Gasteiger partial charge on any atom is -0.391 e. The van der Waals surface area contributed by atoms with Crippen LogP contribution in [-0.4, -0.2) is 21.0 Å². The van der Waals surface area contributed by atoms with Gasteiger partial charge in [0.2, 0.25) is 0 Å². The molecular formula is C7H11ClN2O. The smallest absolute Gasteiger partial charge is 0.151 e. The van der Waals surface area contributed by atoms with Gasteiger partial charge in [0.25, 0.3) is 0 Å². The first-order chi connectivity index (χ1) is 5.22. The van der Waals surface area contributed by atoms with Crippen molar-refractivity contribution in [1.82, 2.24) is 9.78 Å². The molecule has 11 heavy (non-hydrogen) atoms. The van der Waals surface area contributed by atoms with E-state index in [0.717, 1.165) is 6.42 Å². The molecule has 1 aromatic rings. The Kier molecular flexibility index (Phi) is 2.91. The zero-order valence-corrected chi connectivity index (χ0v) is 7.12. The first-order valence-corrected chi connectivity index (χ1v) is 3.97. The van der Waals surface area contributed by atoms with Crippen LogP contribution >= 0.6 is 11.6 Å². The molecule has 0 unspecified atom stereocenters. The van der Waals surface area contributed by atoms with Crippen LogP contribution < -0.4 is 0 Å². The van der Waals surface area contributed by atoms with Crippen LogP contribution in [-0.2, 0) is 6.54 Å². The minimum absolute atomic E-state index is 0.328. The monoisotopic (exact) mass is 174 g/mol. The van der Waals surface area contributed by atoms with Crippen molar-refractivity contribution in [2.24, 2.45) is 0 Å². The lowest BCUT2D eigenvalue weighted by Gasteiger charge is -2.06. The standard InChI is InChI=1S/C7H11ClN2O/c1-2-6(11)5-10-4-3-7(8)9-10/h3-4,6,11H,2,5H2,1H3/t6-/m0/s1. The largest absolute Gasteiger partial charge is 0.391 e. The van der Waals surface area contributed by atoms with Crippen molar-refractivity contribution in [1.29, 1.82) is 0 Å². The highest BCUT2D eigenvalue weighted by molar-refractivity contribution is 6.29. The third kappa shape index (κ3) is 2.52. The van der Waals surface area contributed by atoms with Crippen LogP contribution in [0.3, 0.4) is 0 Å². The van der Waals surface area contributed by atoms with E-state index in [4.69, 9.17) is 11.6 Å². The molecule has 0 saturated heterocycles. The van der Waals surface area contributed by atoms with Crippen molar-refractivity contribution in [3.63, 3.8) is 0 Å². The molecule has 1 atom stereocenters. The topological polar surface area (TPSA) is 38.0 Å². The number of hydrogen-bond acceptors (Lipinski definition) is 2. The summed E-state index contributed by atoms with van der Waals surface area (Å²) in [6, 6.07) is 1.70. The number of halogens is 1. The van der Waals surface area contributed by atoms with Gasteiger partial charge in [0.15, 0.2) is 5.15 Å². The Balaban J connectivity index is 2.50. The molecule has 0 aromatic carbocycles. The highest BCUT2D eigenvalue weighted by atomic mass is 35.5. The SMILES string of the molecule is CC[C@H](O)Cn1ccc(Cl)n1. The number of nitrogens with zero attached hydrogens (tertiary/aromatic N) is 2. The van der Waals surface area contributed by atoms with E-state index in [2.05, 4.69) is 5.10 Å². The predicted molar refractivity (Wildman–Crippen MR) is 43.5 cm³/mol. The van der Waals surface area contributed by atoms with Crippen LogP contribution in [0.2, 0.25) is 5.15 Å². The Morgan fingerprint density at radius 3 is 3.00 bits per heavy atom. The third-order valence-electron chi connectivity index (χ3n) is 1.48. The van der Waals surface area contributed by atoms with Gasteiger partial charge in [0.05, 0.1) is 12.6 Å². The van der Waals surface area contributed by atoms with E-state index in [0.29, 0.717) is 11.7 Å². The molecule has 0 radical (unpaired) electrons. The second-order valence-electron chi connectivity index (χ2n) is 2.42. The molecule has 3 nitrogen and oxygen atoms in total. The summed E-state index contributed by atoms with van der Waals surface area (Å²) in [7, 11) is 0. The van der Waals surface area contributed by atoms with Gasteiger partial charge in [-0.15, -0.1) is 0 Å². The van der Waals surface area contributed by atoms with Gasteiger partial charge in [-0.05, 0) is 12.5 Å². The molecule has 1 rings (SSSR count). The van der Waals surface area contributed by atoms with E-state index >= 15 is 0 Å². The van der Waals surface area contributed by atoms with E-state index in [9.17, 15) is 5.11 Å². The molecule has 4 heteroatoms. The highest BCUT2D eigenvalue weighted by Crippen LogP contribution is 2.03. The molecule has 62 valence electrons. The molecule has 0 saturated carbocycles. The minimum atomic E-state index is -0.328. The van der Waals surface area contributed by atoms with Gasteiger partial charge in [-0.2, -0.15) is 5.10 Å². The van der Waals surface area contributed by atoms with Crippen LogP contribution in [0, 0.1) is 0 Å². The number of hydrogen-bond donors (Lipinski definition) is 1. The highest BCUT2D eigenvalue weighted by Gasteiger charge is 2.02. The van der Waals surface area contributed by atoms with E-state index in [-0.39, 0.29) is 6.10 Å². The summed E-state index contributed by atoms with van der Waals surface area (Å²) in [4.78, 5) is 0. The van der Waals surface area contributed by atoms with Gasteiger partial charge in [-0.3, -0.25) is 4.68 Å². The van der Waals surface area contributed by atoms with E-state index in [1.807, 2.05) is 6.92 Å². The fourth-order valence-electron chi connectivity index (χ4n) is 0.784. The molecule has 0 bridgehead atoms. The second-order valence-corrected chi connectivity index (χ2v) is 2.81. The molecule has 1 N–H and O–H groups in total. The second kappa shape index (κ2) is 3.74. The summed E-state index contributed by atoms with van der Waals surface area (Å²) in [5.41, 5.74) is 0. The van der Waals surface area contributed by atoms with Crippen molar-refractivity contribution in [2.45, 2.75) is 26.0 Å². The molecule has 0 aliphatic carbocycles. The van der Waals surface area contributed by atoms with Gasteiger partial charge in [0, 0.05) is 6.20 Å². The van der Waals surface area contributed by atoms with Crippen LogP contribution in [0.25, 0.3) is 0 Å². The molecule has 0 aliphatic rings. The molecular weight excluding hydrogens is 164 g/mol. The van der Waals surface area contributed by atoms with Crippen molar-refractivity contribution < 1.29 is 5.11 Å². The lowest BCUT2D eigenvalue weighted by molar-refractivity contribution is 0.145. The Labute approximate surface area is 70.6 Å². The maximum absolute atomic E-state index is 9.22. The van der Waals surface area contributed by atoms with Crippen LogP contribution in [0.4, 0.5) is 0 Å². The van der Waals surface area contributed by atoms with Gasteiger partial charge in [0.1, 0.15) is 0 Å². The maximum Gasteiger partial charge on any atom is 0.151 e. The van der Waals surface area contributed by atoms with Gasteiger partial charge < -0.3 is 5.11 Å². The lowest BCUT2D eigenvalue weighted by atomic mass is 10.3. The molecule has 0 spiro atoms. The van der Waals surface area contributed by atoms with Crippen LogP contribution in [0.1, 0.15) is 13.3 Å². The number of rotatable bonds is 3. The Morgan fingerprint density at radius 1 is 1.82 bits per heavy atom. The van der Waals surface area contributed by atoms with E-state index < -0.39 is 0 Å². The number of aliphatic hydroxyl groups excluding tert-OH is 1. The van der Waals surface area contributed by atoms with E-state index in [1.54, 1.807) is 16.9 Å². The predicted octanol–water partition coefficient (Wildman–Crippen LogP) is 1.31. The fraction of sp³-hybridized carbons (Fsp3) is 0.571. The zero-order valence-electron chi connectivity index (χ0n) is 6.37. The average molecular weight is 175 g/mol. The Hall–Kier alpha value is -0.540. The lowest BCUT2D eigenvalue weighted by Crippen LogP contribution is -2.14. The third-order valence-corrected chi connectivity index (χ3v) is 1.68. The number of aromatic nitrogens is 2. The summed E-state index contributed by atoms with van der Waals surface area (Å²) in [5.74, 6) is 0. The molecule has 1 heterocycles. The summed E-state index contributed by atoms with van der Waals surface area (Å²) < 4.78 is 1.64. The first kappa shape index (κ1) is 8.56. The van der Waals surface area contributed by atoms with Crippen LogP contribution in [0.5, 0.6) is 0 Å². The van der Waals surface area contributed by atoms with Gasteiger partial charge in [-0.1, -0.05) is 18.5 Å². The molecule has 0 aliphatic heterocycles. The first-order valence-electron chi connectivity index (χ1n) is 3.59. The normalized spacial score (nSPS) is 13.4. The van der Waals surface area contributed by atoms with Gasteiger partial charge >= 0.3 is 0 Å². The quantitative estimate of drug-likeness (QED) is 0.751. The van der Waals surface area contributed by atoms with Crippen molar-refractivity contribution in [3.05, 3.63) is 17.4 Å². The maximum atomic E-state index is 9.22. The van der Waals surface area contributed by atoms with Gasteiger partial charge in [-0.25, -0.2) is 0 Å². The average Bonchev–Trinajstić information content (AvgIpc) is 2.35. The Bertz CT molecular complexity index is 224. The van der Waals surface area contributed by atoms with E-state index in [1.165, 1.54) is 0 Å². The molecule has 0 fully saturated rings. The summed E-state index contributed by atoms with van der Waals surface area (Å²) in [5, 5.41) is 13.6. The van der Waals surface area contributed by atoms with Crippen molar-refractivity contribution in [3.8, 4) is 0 Å². The molecule has 1 aromatic heterocycles. The number of aliphatic hydroxyl groups is 1. The summed E-state index contributed by atoms with van der Waals surface area (Å²) in [6.07, 6.45) is 2.16. The van der Waals surface area contributed by atoms with Crippen molar-refractivity contribution in [2.75, 3.05) is 0 Å². The van der Waals surface area contributed by atoms with Crippen molar-refractivity contribution >= 4 is 11.6 Å². The Morgan fingerprint density at radius 2 is 2.55 bits per heavy atom. The zero-order chi connectivity index (χ0) is 8.27.